The lowest BCUT2D eigenvalue weighted by atomic mass is 9.78. The fourth-order valence-electron chi connectivity index (χ4n) is 1.80. The quantitative estimate of drug-likeness (QED) is 0.573. The predicted octanol–water partition coefficient (Wildman–Crippen LogP) is 3.09. The van der Waals surface area contributed by atoms with E-state index in [2.05, 4.69) is 18.2 Å². The van der Waals surface area contributed by atoms with Crippen LogP contribution in [0.5, 0.6) is 5.75 Å². The summed E-state index contributed by atoms with van der Waals surface area (Å²) in [5.41, 5.74) is 0.877. The van der Waals surface area contributed by atoms with Gasteiger partial charge in [-0.3, -0.25) is 4.79 Å². The van der Waals surface area contributed by atoms with Crippen LogP contribution in [0.15, 0.2) is 36.9 Å². The molecule has 98 valence electrons. The summed E-state index contributed by atoms with van der Waals surface area (Å²) in [5.74, 6) is 0.620. The Morgan fingerprint density at radius 1 is 1.33 bits per heavy atom. The van der Waals surface area contributed by atoms with Crippen LogP contribution in [0.1, 0.15) is 25.3 Å². The fraction of sp³-hybridized carbons (Fsp3) is 0.400. The Kier molecular flexibility index (Phi) is 4.95. The van der Waals surface area contributed by atoms with E-state index in [1.165, 1.54) is 7.11 Å². The van der Waals surface area contributed by atoms with Crippen molar-refractivity contribution in [2.24, 2.45) is 0 Å². The Morgan fingerprint density at radius 2 is 1.94 bits per heavy atom. The maximum absolute atomic E-state index is 11.2. The highest BCUT2D eigenvalue weighted by Crippen LogP contribution is 2.31. The molecule has 0 amide bonds. The summed E-state index contributed by atoms with van der Waals surface area (Å²) >= 11 is 0. The largest absolute Gasteiger partial charge is 0.497 e. The molecular formula is C15H20O3. The Bertz CT molecular complexity index is 408. The standard InChI is InChI=1S/C15H20O3/c1-5-15(2,11-10-14(16)18-4)12-6-8-13(17-3)9-7-12/h5-9H,1,10-11H2,2-4H3/t15-/m1/s1. The molecule has 0 aromatic heterocycles. The number of benzene rings is 1. The maximum atomic E-state index is 11.2. The molecule has 0 bridgehead atoms. The summed E-state index contributed by atoms with van der Waals surface area (Å²) in [7, 11) is 3.04. The lowest BCUT2D eigenvalue weighted by Crippen LogP contribution is -2.20. The molecule has 0 aliphatic carbocycles. The lowest BCUT2D eigenvalue weighted by Gasteiger charge is -2.26. The van der Waals surface area contributed by atoms with E-state index in [9.17, 15) is 4.79 Å². The van der Waals surface area contributed by atoms with Gasteiger partial charge in [-0.1, -0.05) is 25.1 Å². The van der Waals surface area contributed by atoms with E-state index in [1.54, 1.807) is 7.11 Å². The van der Waals surface area contributed by atoms with Gasteiger partial charge in [-0.15, -0.1) is 6.58 Å². The first-order valence-corrected chi connectivity index (χ1v) is 5.90. The highest BCUT2D eigenvalue weighted by atomic mass is 16.5. The van der Waals surface area contributed by atoms with E-state index in [1.807, 2.05) is 30.3 Å². The second-order valence-corrected chi connectivity index (χ2v) is 4.43. The SMILES string of the molecule is C=C[C@](C)(CCC(=O)OC)c1ccc(OC)cc1. The Labute approximate surface area is 108 Å². The summed E-state index contributed by atoms with van der Waals surface area (Å²) < 4.78 is 9.80. The van der Waals surface area contributed by atoms with E-state index in [0.29, 0.717) is 12.8 Å². The van der Waals surface area contributed by atoms with Gasteiger partial charge in [-0.05, 0) is 24.1 Å². The van der Waals surface area contributed by atoms with Gasteiger partial charge in [0.15, 0.2) is 0 Å². The van der Waals surface area contributed by atoms with Crippen LogP contribution in [-0.2, 0) is 14.9 Å². The van der Waals surface area contributed by atoms with Crippen LogP contribution in [0.25, 0.3) is 0 Å². The lowest BCUT2D eigenvalue weighted by molar-refractivity contribution is -0.140. The zero-order valence-electron chi connectivity index (χ0n) is 11.2. The summed E-state index contributed by atoms with van der Waals surface area (Å²) in [5, 5.41) is 0. The molecule has 0 N–H and O–H groups in total. The van der Waals surface area contributed by atoms with E-state index < -0.39 is 0 Å². The number of rotatable bonds is 6. The molecule has 18 heavy (non-hydrogen) atoms. The Morgan fingerprint density at radius 3 is 2.39 bits per heavy atom. The van der Waals surface area contributed by atoms with Crippen LogP contribution >= 0.6 is 0 Å². The molecule has 1 atom stereocenters. The molecule has 0 radical (unpaired) electrons. The van der Waals surface area contributed by atoms with E-state index in [0.717, 1.165) is 11.3 Å². The molecule has 0 saturated carbocycles. The van der Waals surface area contributed by atoms with E-state index in [4.69, 9.17) is 4.74 Å². The maximum Gasteiger partial charge on any atom is 0.305 e. The normalized spacial score (nSPS) is 13.5. The van der Waals surface area contributed by atoms with Crippen LogP contribution in [0.2, 0.25) is 0 Å². The van der Waals surface area contributed by atoms with Gasteiger partial charge in [0, 0.05) is 11.8 Å². The molecule has 0 fully saturated rings. The molecule has 0 unspecified atom stereocenters. The van der Waals surface area contributed by atoms with Crippen molar-refractivity contribution < 1.29 is 14.3 Å². The number of methoxy groups -OCH3 is 2. The zero-order chi connectivity index (χ0) is 13.6. The van der Waals surface area contributed by atoms with Crippen molar-refractivity contribution in [2.75, 3.05) is 14.2 Å². The molecule has 0 spiro atoms. The van der Waals surface area contributed by atoms with Crippen molar-refractivity contribution in [3.63, 3.8) is 0 Å². The highest BCUT2D eigenvalue weighted by Gasteiger charge is 2.24. The molecule has 1 aromatic carbocycles. The molecule has 0 heterocycles. The Hall–Kier alpha value is -1.77. The number of hydrogen-bond donors (Lipinski definition) is 0. The zero-order valence-corrected chi connectivity index (χ0v) is 11.2. The Balaban J connectivity index is 2.84. The van der Waals surface area contributed by atoms with Crippen LogP contribution in [-0.4, -0.2) is 20.2 Å². The van der Waals surface area contributed by atoms with E-state index >= 15 is 0 Å². The van der Waals surface area contributed by atoms with Crippen LogP contribution in [0, 0.1) is 0 Å². The summed E-state index contributed by atoms with van der Waals surface area (Å²) in [6.07, 6.45) is 2.93. The topological polar surface area (TPSA) is 35.5 Å². The molecular weight excluding hydrogens is 228 g/mol. The predicted molar refractivity (Wildman–Crippen MR) is 71.8 cm³/mol. The molecule has 3 heteroatoms. The van der Waals surface area contributed by atoms with E-state index in [-0.39, 0.29) is 11.4 Å². The molecule has 0 aliphatic heterocycles. The minimum Gasteiger partial charge on any atom is -0.497 e. The third-order valence-electron chi connectivity index (χ3n) is 3.28. The number of allylic oxidation sites excluding steroid dienone is 1. The number of ether oxygens (including phenoxy) is 2. The van der Waals surface area contributed by atoms with Gasteiger partial charge in [0.05, 0.1) is 14.2 Å². The summed E-state index contributed by atoms with van der Waals surface area (Å²) in [4.78, 5) is 11.2. The molecule has 0 aliphatic rings. The van der Waals surface area contributed by atoms with Crippen LogP contribution < -0.4 is 4.74 Å². The van der Waals surface area contributed by atoms with Gasteiger partial charge in [0.1, 0.15) is 5.75 Å². The van der Waals surface area contributed by atoms with Crippen molar-refractivity contribution in [3.05, 3.63) is 42.5 Å². The summed E-state index contributed by atoms with van der Waals surface area (Å²) in [6, 6.07) is 7.82. The highest BCUT2D eigenvalue weighted by molar-refractivity contribution is 5.69. The average Bonchev–Trinajstić information content (AvgIpc) is 2.44. The van der Waals surface area contributed by atoms with Crippen LogP contribution in [0.3, 0.4) is 0 Å². The van der Waals surface area contributed by atoms with Crippen molar-refractivity contribution in [3.8, 4) is 5.75 Å². The minimum absolute atomic E-state index is 0.198. The second-order valence-electron chi connectivity index (χ2n) is 4.43. The van der Waals surface area contributed by atoms with Crippen molar-refractivity contribution in [2.45, 2.75) is 25.2 Å². The monoisotopic (exact) mass is 248 g/mol. The number of esters is 1. The number of carbonyl (C=O) groups is 1. The third-order valence-corrected chi connectivity index (χ3v) is 3.28. The fourth-order valence-corrected chi connectivity index (χ4v) is 1.80. The first-order valence-electron chi connectivity index (χ1n) is 5.90. The van der Waals surface area contributed by atoms with Crippen molar-refractivity contribution in [1.29, 1.82) is 0 Å². The summed E-state index contributed by atoms with van der Waals surface area (Å²) in [6.45, 7) is 5.93. The van der Waals surface area contributed by atoms with Gasteiger partial charge in [0.25, 0.3) is 0 Å². The molecule has 3 nitrogen and oxygen atoms in total. The van der Waals surface area contributed by atoms with Gasteiger partial charge in [-0.25, -0.2) is 0 Å². The third kappa shape index (κ3) is 3.36. The minimum atomic E-state index is -0.236. The van der Waals surface area contributed by atoms with Crippen molar-refractivity contribution in [1.82, 2.24) is 0 Å². The average molecular weight is 248 g/mol. The number of carbonyl (C=O) groups excluding carboxylic acids is 1. The first kappa shape index (κ1) is 14.3. The van der Waals surface area contributed by atoms with Gasteiger partial charge in [0.2, 0.25) is 0 Å². The first-order chi connectivity index (χ1) is 8.55. The number of hydrogen-bond acceptors (Lipinski definition) is 3. The molecule has 0 saturated heterocycles. The van der Waals surface area contributed by atoms with Crippen LogP contribution in [0.4, 0.5) is 0 Å². The smallest absolute Gasteiger partial charge is 0.305 e. The van der Waals surface area contributed by atoms with Gasteiger partial charge < -0.3 is 9.47 Å². The molecule has 1 rings (SSSR count). The van der Waals surface area contributed by atoms with Gasteiger partial charge >= 0.3 is 5.97 Å². The second kappa shape index (κ2) is 6.24. The molecule has 1 aromatic rings. The van der Waals surface area contributed by atoms with Gasteiger partial charge in [-0.2, -0.15) is 0 Å². The van der Waals surface area contributed by atoms with Crippen molar-refractivity contribution >= 4 is 5.97 Å².